The van der Waals surface area contributed by atoms with Gasteiger partial charge in [-0.25, -0.2) is 4.79 Å². The lowest BCUT2D eigenvalue weighted by Gasteiger charge is -2.13. The average molecular weight is 331 g/mol. The number of anilines is 1. The fourth-order valence-corrected chi connectivity index (χ4v) is 2.04. The number of rotatable bonds is 6. The maximum Gasteiger partial charge on any atom is 0.330 e. The maximum atomic E-state index is 11.6. The number of hydrogen-bond acceptors (Lipinski definition) is 6. The minimum atomic E-state index is -0.462. The Morgan fingerprint density at radius 1 is 1.25 bits per heavy atom. The molecule has 0 saturated heterocycles. The van der Waals surface area contributed by atoms with Crippen molar-refractivity contribution >= 4 is 28.6 Å². The molecule has 4 N–H and O–H groups in total. The zero-order valence-corrected chi connectivity index (χ0v) is 13.8. The first-order valence-corrected chi connectivity index (χ1v) is 7.49. The molecule has 0 bridgehead atoms. The monoisotopic (exact) mass is 331 g/mol. The van der Waals surface area contributed by atoms with Gasteiger partial charge >= 0.3 is 12.0 Å². The number of ether oxygens (including phenoxy) is 1. The van der Waals surface area contributed by atoms with Crippen LogP contribution in [0.25, 0.3) is 10.9 Å². The molecular formula is C16H21N5O3. The Morgan fingerprint density at radius 3 is 2.79 bits per heavy atom. The van der Waals surface area contributed by atoms with E-state index in [1.807, 2.05) is 37.3 Å². The highest BCUT2D eigenvalue weighted by atomic mass is 16.5. The van der Waals surface area contributed by atoms with Crippen LogP contribution >= 0.6 is 0 Å². The number of pyridine rings is 1. The van der Waals surface area contributed by atoms with Gasteiger partial charge in [0, 0.05) is 17.6 Å². The van der Waals surface area contributed by atoms with Crippen LogP contribution in [-0.4, -0.2) is 30.6 Å². The Labute approximate surface area is 139 Å². The molecule has 8 nitrogen and oxygen atoms in total. The van der Waals surface area contributed by atoms with Gasteiger partial charge in [-0.2, -0.15) is 0 Å². The van der Waals surface area contributed by atoms with E-state index >= 15 is 0 Å². The molecule has 1 heterocycles. The number of fused-ring (bicyclic) bond motifs is 1. The van der Waals surface area contributed by atoms with E-state index in [4.69, 9.17) is 0 Å². The highest BCUT2D eigenvalue weighted by Gasteiger charge is 2.13. The lowest BCUT2D eigenvalue weighted by molar-refractivity contribution is -0.144. The van der Waals surface area contributed by atoms with Crippen LogP contribution in [0.4, 0.5) is 10.5 Å². The minimum Gasteiger partial charge on any atom is -0.469 e. The highest BCUT2D eigenvalue weighted by Crippen LogP contribution is 2.17. The molecule has 1 unspecified atom stereocenters. The number of nitrogens with zero attached hydrogens (tertiary/aromatic N) is 1. The second-order valence-electron chi connectivity index (χ2n) is 5.37. The van der Waals surface area contributed by atoms with Gasteiger partial charge < -0.3 is 15.5 Å². The van der Waals surface area contributed by atoms with Crippen molar-refractivity contribution in [2.24, 2.45) is 5.92 Å². The lowest BCUT2D eigenvalue weighted by Crippen LogP contribution is -2.48. The smallest absolute Gasteiger partial charge is 0.330 e. The Bertz CT molecular complexity index is 735. The third kappa shape index (κ3) is 4.82. The van der Waals surface area contributed by atoms with Gasteiger partial charge in [0.2, 0.25) is 0 Å². The largest absolute Gasteiger partial charge is 0.469 e. The molecule has 0 aliphatic rings. The number of amides is 2. The van der Waals surface area contributed by atoms with E-state index in [0.29, 0.717) is 0 Å². The van der Waals surface area contributed by atoms with Crippen molar-refractivity contribution in [2.45, 2.75) is 13.8 Å². The van der Waals surface area contributed by atoms with Crippen LogP contribution in [0, 0.1) is 12.8 Å². The number of nitrogens with one attached hydrogen (secondary N) is 4. The number of benzene rings is 1. The average Bonchev–Trinajstić information content (AvgIpc) is 2.59. The van der Waals surface area contributed by atoms with Gasteiger partial charge in [0.25, 0.3) is 0 Å². The van der Waals surface area contributed by atoms with E-state index in [9.17, 15) is 9.59 Å². The van der Waals surface area contributed by atoms with E-state index in [1.165, 1.54) is 7.11 Å². The second kappa shape index (κ2) is 8.11. The zero-order chi connectivity index (χ0) is 17.5. The van der Waals surface area contributed by atoms with E-state index in [1.54, 1.807) is 6.92 Å². The third-order valence-electron chi connectivity index (χ3n) is 3.38. The molecule has 2 amide bonds. The van der Waals surface area contributed by atoms with Gasteiger partial charge in [0.1, 0.15) is 0 Å². The van der Waals surface area contributed by atoms with Crippen LogP contribution in [0.15, 0.2) is 30.3 Å². The normalized spacial score (nSPS) is 11.6. The summed E-state index contributed by atoms with van der Waals surface area (Å²) >= 11 is 0. The number of esters is 1. The van der Waals surface area contributed by atoms with Gasteiger partial charge in [-0.1, -0.05) is 13.0 Å². The quantitative estimate of drug-likeness (QED) is 0.472. The van der Waals surface area contributed by atoms with Crippen LogP contribution < -0.4 is 21.7 Å². The SMILES string of the molecule is COC(=O)C(C)CNC(=O)NNNc1ccc2nc(C)ccc2c1. The molecule has 1 atom stereocenters. The molecule has 2 rings (SSSR count). The van der Waals surface area contributed by atoms with Crippen molar-refractivity contribution in [3.63, 3.8) is 0 Å². The summed E-state index contributed by atoms with van der Waals surface area (Å²) in [4.78, 5) is 27.3. The van der Waals surface area contributed by atoms with Crippen molar-refractivity contribution in [1.29, 1.82) is 0 Å². The van der Waals surface area contributed by atoms with Crippen LogP contribution in [0.1, 0.15) is 12.6 Å². The Hall–Kier alpha value is -2.87. The summed E-state index contributed by atoms with van der Waals surface area (Å²) in [5, 5.41) is 3.55. The predicted octanol–water partition coefficient (Wildman–Crippen LogP) is 1.48. The van der Waals surface area contributed by atoms with Crippen molar-refractivity contribution in [3.05, 3.63) is 36.0 Å². The minimum absolute atomic E-state index is 0.182. The molecule has 0 radical (unpaired) electrons. The summed E-state index contributed by atoms with van der Waals surface area (Å²) in [6, 6.07) is 9.11. The molecule has 128 valence electrons. The maximum absolute atomic E-state index is 11.6. The van der Waals surface area contributed by atoms with Crippen LogP contribution in [0.3, 0.4) is 0 Å². The summed E-state index contributed by atoms with van der Waals surface area (Å²) in [6.07, 6.45) is 0. The summed E-state index contributed by atoms with van der Waals surface area (Å²) in [5.41, 5.74) is 10.5. The molecule has 1 aromatic heterocycles. The molecular weight excluding hydrogens is 310 g/mol. The summed E-state index contributed by atoms with van der Waals surface area (Å²) in [7, 11) is 1.31. The highest BCUT2D eigenvalue weighted by molar-refractivity contribution is 5.82. The van der Waals surface area contributed by atoms with Crippen molar-refractivity contribution in [1.82, 2.24) is 21.3 Å². The molecule has 0 aliphatic heterocycles. The molecule has 2 aromatic rings. The fraction of sp³-hybridized carbons (Fsp3) is 0.312. The second-order valence-corrected chi connectivity index (χ2v) is 5.37. The lowest BCUT2D eigenvalue weighted by atomic mass is 10.2. The number of hydrogen-bond donors (Lipinski definition) is 4. The third-order valence-corrected chi connectivity index (χ3v) is 3.38. The summed E-state index contributed by atoms with van der Waals surface area (Å²) < 4.78 is 4.58. The number of carbonyl (C=O) groups is 2. The summed E-state index contributed by atoms with van der Waals surface area (Å²) in [5.74, 6) is -0.786. The van der Waals surface area contributed by atoms with Crippen LogP contribution in [0.2, 0.25) is 0 Å². The number of urea groups is 1. The first-order chi connectivity index (χ1) is 11.5. The number of methoxy groups -OCH3 is 1. The molecule has 0 spiro atoms. The number of aryl methyl sites for hydroxylation is 1. The Morgan fingerprint density at radius 2 is 2.04 bits per heavy atom. The van der Waals surface area contributed by atoms with Gasteiger partial charge in [-0.15, -0.1) is 5.53 Å². The van der Waals surface area contributed by atoms with E-state index in [2.05, 4.69) is 31.4 Å². The molecule has 8 heteroatoms. The van der Waals surface area contributed by atoms with Crippen LogP contribution in [0.5, 0.6) is 0 Å². The van der Waals surface area contributed by atoms with Gasteiger partial charge in [0.05, 0.1) is 24.2 Å². The fourth-order valence-electron chi connectivity index (χ4n) is 2.04. The number of aromatic nitrogens is 1. The molecule has 0 aliphatic carbocycles. The predicted molar refractivity (Wildman–Crippen MR) is 91.0 cm³/mol. The summed E-state index contributed by atoms with van der Waals surface area (Å²) in [6.45, 7) is 3.79. The van der Waals surface area contributed by atoms with Crippen molar-refractivity contribution in [2.75, 3.05) is 19.1 Å². The Balaban J connectivity index is 1.78. The van der Waals surface area contributed by atoms with Gasteiger partial charge in [0.15, 0.2) is 0 Å². The van der Waals surface area contributed by atoms with Gasteiger partial charge in [-0.05, 0) is 31.2 Å². The van der Waals surface area contributed by atoms with Crippen LogP contribution in [-0.2, 0) is 9.53 Å². The standard InChI is InChI=1S/C16H21N5O3/c1-10(15(22)24-3)9-17-16(23)20-21-19-13-6-7-14-12(8-13)5-4-11(2)18-14/h4-8,10,19,21H,9H2,1-3H3,(H2,17,20,23). The molecule has 24 heavy (non-hydrogen) atoms. The van der Waals surface area contributed by atoms with E-state index in [-0.39, 0.29) is 12.5 Å². The van der Waals surface area contributed by atoms with Gasteiger partial charge in [-0.3, -0.25) is 15.2 Å². The molecule has 0 saturated carbocycles. The zero-order valence-electron chi connectivity index (χ0n) is 13.8. The first kappa shape index (κ1) is 17.5. The van der Waals surface area contributed by atoms with E-state index in [0.717, 1.165) is 22.3 Å². The number of carbonyl (C=O) groups excluding carboxylic acids is 2. The molecule has 0 fully saturated rings. The van der Waals surface area contributed by atoms with Crippen molar-refractivity contribution < 1.29 is 14.3 Å². The number of hydrazine groups is 2. The Kier molecular flexibility index (Phi) is 5.91. The van der Waals surface area contributed by atoms with E-state index < -0.39 is 11.9 Å². The van der Waals surface area contributed by atoms with Crippen molar-refractivity contribution in [3.8, 4) is 0 Å². The topological polar surface area (TPSA) is 104 Å². The first-order valence-electron chi connectivity index (χ1n) is 7.49. The molecule has 1 aromatic carbocycles.